The van der Waals surface area contributed by atoms with E-state index in [0.717, 1.165) is 23.7 Å². The maximum Gasteiger partial charge on any atom is 0.232 e. The van der Waals surface area contributed by atoms with Crippen LogP contribution in [0.1, 0.15) is 72.1 Å². The SMILES string of the molecule is CO[C@@H]1C[C@H]2[C@@H]3CC[C@H]([C@H](C)/C=C/C(O)C[N+](=O)[O-])[C@@]3(C)CC[C@@H]2[C@@]2(C)CC[C@H]3C[C@]312. The molecule has 0 heterocycles. The Labute approximate surface area is 187 Å². The van der Waals surface area contributed by atoms with Crippen LogP contribution in [0.15, 0.2) is 12.2 Å². The number of hydrogen-bond donors (Lipinski definition) is 1. The molecule has 1 spiro atoms. The lowest BCUT2D eigenvalue weighted by Crippen LogP contribution is -2.57. The Hall–Kier alpha value is -0.940. The summed E-state index contributed by atoms with van der Waals surface area (Å²) < 4.78 is 6.22. The zero-order chi connectivity index (χ0) is 22.2. The minimum absolute atomic E-state index is 0.333. The predicted molar refractivity (Wildman–Crippen MR) is 120 cm³/mol. The molecule has 0 aromatic carbocycles. The van der Waals surface area contributed by atoms with E-state index in [-0.39, 0.29) is 0 Å². The number of nitrogens with zero attached hydrogens (tertiary/aromatic N) is 1. The Morgan fingerprint density at radius 3 is 2.61 bits per heavy atom. The van der Waals surface area contributed by atoms with Crippen LogP contribution < -0.4 is 0 Å². The van der Waals surface area contributed by atoms with Crippen molar-refractivity contribution in [3.8, 4) is 0 Å². The molecule has 0 saturated heterocycles. The first-order valence-electron chi connectivity index (χ1n) is 12.7. The molecular formula is C26H41NO4. The standard InChI is InChI=1S/C26H41NO4/c1-16(5-6-18(28)15-27(29)30)20-7-8-21-19-13-23(31-4)26-14-17(26)9-12-25(26,3)22(19)10-11-24(20,21)2/h5-6,16-23,28H,7-15H2,1-4H3/b6-5+/t16-,17+,18?,19+,20-,21+,22+,23-,24-,25-,26+/m1/s1. The molecule has 0 bridgehead atoms. The predicted octanol–water partition coefficient (Wildman–Crippen LogP) is 5.10. The molecule has 0 amide bonds. The van der Waals surface area contributed by atoms with E-state index in [4.69, 9.17) is 4.74 Å². The van der Waals surface area contributed by atoms with Crippen LogP contribution in [-0.4, -0.2) is 35.9 Å². The zero-order valence-corrected chi connectivity index (χ0v) is 19.8. The van der Waals surface area contributed by atoms with Gasteiger partial charge < -0.3 is 9.84 Å². The van der Waals surface area contributed by atoms with Crippen molar-refractivity contribution >= 4 is 0 Å². The normalized spacial score (nSPS) is 52.2. The number of rotatable bonds is 6. The Morgan fingerprint density at radius 1 is 1.16 bits per heavy atom. The van der Waals surface area contributed by atoms with E-state index in [1.165, 1.54) is 51.4 Å². The topological polar surface area (TPSA) is 72.6 Å². The van der Waals surface area contributed by atoms with Gasteiger partial charge in [-0.2, -0.15) is 0 Å². The summed E-state index contributed by atoms with van der Waals surface area (Å²) in [6.07, 6.45) is 13.9. The van der Waals surface area contributed by atoms with E-state index in [1.807, 2.05) is 7.11 Å². The van der Waals surface area contributed by atoms with Crippen molar-refractivity contribution in [1.29, 1.82) is 0 Å². The summed E-state index contributed by atoms with van der Waals surface area (Å²) >= 11 is 0. The molecule has 5 rings (SSSR count). The van der Waals surface area contributed by atoms with Gasteiger partial charge in [0.15, 0.2) is 0 Å². The molecule has 0 aromatic heterocycles. The van der Waals surface area contributed by atoms with E-state index >= 15 is 0 Å². The summed E-state index contributed by atoms with van der Waals surface area (Å²) in [7, 11) is 1.95. The second-order valence-corrected chi connectivity index (χ2v) is 12.3. The van der Waals surface area contributed by atoms with Crippen molar-refractivity contribution in [2.24, 2.45) is 51.8 Å². The Bertz CT molecular complexity index is 769. The first-order chi connectivity index (χ1) is 14.7. The summed E-state index contributed by atoms with van der Waals surface area (Å²) in [6.45, 7) is 7.00. The highest BCUT2D eigenvalue weighted by molar-refractivity contribution is 5.26. The number of hydrogen-bond acceptors (Lipinski definition) is 4. The van der Waals surface area contributed by atoms with Crippen LogP contribution in [0.3, 0.4) is 0 Å². The van der Waals surface area contributed by atoms with Gasteiger partial charge in [0.2, 0.25) is 6.54 Å². The Morgan fingerprint density at radius 2 is 1.94 bits per heavy atom. The smallest absolute Gasteiger partial charge is 0.232 e. The van der Waals surface area contributed by atoms with Crippen molar-refractivity contribution in [3.05, 3.63) is 22.3 Å². The van der Waals surface area contributed by atoms with Gasteiger partial charge in [-0.25, -0.2) is 0 Å². The van der Waals surface area contributed by atoms with Gasteiger partial charge in [0, 0.05) is 17.4 Å². The summed E-state index contributed by atoms with van der Waals surface area (Å²) in [4.78, 5) is 10.2. The van der Waals surface area contributed by atoms with Crippen LogP contribution in [0.25, 0.3) is 0 Å². The van der Waals surface area contributed by atoms with Crippen LogP contribution in [-0.2, 0) is 4.74 Å². The molecule has 0 aliphatic heterocycles. The largest absolute Gasteiger partial charge is 0.382 e. The van der Waals surface area contributed by atoms with Crippen molar-refractivity contribution in [2.75, 3.05) is 13.7 Å². The van der Waals surface area contributed by atoms with Crippen molar-refractivity contribution < 1.29 is 14.8 Å². The third-order valence-electron chi connectivity index (χ3n) is 11.5. The average Bonchev–Trinajstić information content (AvgIpc) is 3.22. The highest BCUT2D eigenvalue weighted by atomic mass is 16.6. The van der Waals surface area contributed by atoms with Gasteiger partial charge in [0.05, 0.1) is 6.10 Å². The highest BCUT2D eigenvalue weighted by Crippen LogP contribution is 2.82. The fraction of sp³-hybridized carbons (Fsp3) is 0.923. The maximum atomic E-state index is 10.7. The molecule has 1 N–H and O–H groups in total. The molecule has 5 fully saturated rings. The summed E-state index contributed by atoms with van der Waals surface area (Å²) in [6, 6.07) is 0. The van der Waals surface area contributed by atoms with Gasteiger partial charge in [-0.3, -0.25) is 10.1 Å². The van der Waals surface area contributed by atoms with Gasteiger partial charge in [-0.1, -0.05) is 32.9 Å². The van der Waals surface area contributed by atoms with Gasteiger partial charge >= 0.3 is 0 Å². The summed E-state index contributed by atoms with van der Waals surface area (Å²) in [5.74, 6) is 4.26. The molecule has 5 saturated carbocycles. The zero-order valence-electron chi connectivity index (χ0n) is 19.8. The minimum Gasteiger partial charge on any atom is -0.382 e. The summed E-state index contributed by atoms with van der Waals surface area (Å²) in [5, 5.41) is 20.6. The number of ether oxygens (including phenoxy) is 1. The molecule has 0 aromatic rings. The molecule has 1 unspecified atom stereocenters. The van der Waals surface area contributed by atoms with Gasteiger partial charge in [-0.15, -0.1) is 0 Å². The minimum atomic E-state index is -0.982. The van der Waals surface area contributed by atoms with Gasteiger partial charge in [0.25, 0.3) is 0 Å². The molecular weight excluding hydrogens is 390 g/mol. The fourth-order valence-electron chi connectivity index (χ4n) is 10.1. The monoisotopic (exact) mass is 431 g/mol. The van der Waals surface area contributed by atoms with Crippen molar-refractivity contribution in [2.45, 2.75) is 84.3 Å². The number of aliphatic hydroxyl groups is 1. The molecule has 11 atom stereocenters. The summed E-state index contributed by atoms with van der Waals surface area (Å²) in [5.41, 5.74) is 1.29. The van der Waals surface area contributed by atoms with E-state index < -0.39 is 17.6 Å². The van der Waals surface area contributed by atoms with Crippen LogP contribution in [0, 0.1) is 61.9 Å². The third-order valence-corrected chi connectivity index (χ3v) is 11.5. The quantitative estimate of drug-likeness (QED) is 0.361. The lowest BCUT2D eigenvalue weighted by molar-refractivity contribution is -0.487. The number of aliphatic hydroxyl groups excluding tert-OH is 1. The fourth-order valence-corrected chi connectivity index (χ4v) is 10.1. The van der Waals surface area contributed by atoms with Crippen LogP contribution in [0.4, 0.5) is 0 Å². The molecule has 174 valence electrons. The average molecular weight is 432 g/mol. The maximum absolute atomic E-state index is 10.7. The lowest BCUT2D eigenvalue weighted by Gasteiger charge is -2.61. The Kier molecular flexibility index (Phi) is 5.14. The molecule has 5 aliphatic rings. The van der Waals surface area contributed by atoms with Crippen LogP contribution in [0.2, 0.25) is 0 Å². The van der Waals surface area contributed by atoms with Crippen molar-refractivity contribution in [1.82, 2.24) is 0 Å². The lowest BCUT2D eigenvalue weighted by atomic mass is 9.45. The Balaban J connectivity index is 1.35. The molecule has 5 aliphatic carbocycles. The second kappa shape index (κ2) is 7.28. The van der Waals surface area contributed by atoms with Gasteiger partial charge in [-0.05, 0) is 97.7 Å². The number of methoxy groups -OCH3 is 1. The van der Waals surface area contributed by atoms with Gasteiger partial charge in [0.1, 0.15) is 6.10 Å². The van der Waals surface area contributed by atoms with Crippen LogP contribution >= 0.6 is 0 Å². The molecule has 5 heteroatoms. The highest BCUT2D eigenvalue weighted by Gasteiger charge is 2.77. The molecule has 31 heavy (non-hydrogen) atoms. The number of nitro groups is 1. The second-order valence-electron chi connectivity index (χ2n) is 12.3. The van der Waals surface area contributed by atoms with Crippen molar-refractivity contribution in [3.63, 3.8) is 0 Å². The number of allylic oxidation sites excluding steroid dienone is 1. The van der Waals surface area contributed by atoms with E-state index in [9.17, 15) is 15.2 Å². The van der Waals surface area contributed by atoms with E-state index in [0.29, 0.717) is 34.2 Å². The first-order valence-corrected chi connectivity index (χ1v) is 12.7. The third kappa shape index (κ3) is 2.94. The molecule has 5 nitrogen and oxygen atoms in total. The first kappa shape index (κ1) is 21.9. The molecule has 0 radical (unpaired) electrons. The van der Waals surface area contributed by atoms with E-state index in [1.54, 1.807) is 6.08 Å². The number of fused-ring (bicyclic) bond motifs is 4. The van der Waals surface area contributed by atoms with E-state index in [2.05, 4.69) is 26.8 Å². The van der Waals surface area contributed by atoms with Crippen LogP contribution in [0.5, 0.6) is 0 Å².